The minimum atomic E-state index is -4.39. The smallest absolute Gasteiger partial charge is 0.254 e. The van der Waals surface area contributed by atoms with Gasteiger partial charge < -0.3 is 0 Å². The zero-order chi connectivity index (χ0) is 12.3. The Morgan fingerprint density at radius 1 is 1.31 bits per heavy atom. The molecule has 1 nitrogen and oxygen atoms in total. The largest absolute Gasteiger partial charge is 0.400 e. The maximum absolute atomic E-state index is 12.1. The molecule has 0 saturated heterocycles. The third-order valence-corrected chi connectivity index (χ3v) is 3.45. The van der Waals surface area contributed by atoms with Crippen molar-refractivity contribution < 1.29 is 17.4 Å². The lowest BCUT2D eigenvalue weighted by Gasteiger charge is -2.09. The van der Waals surface area contributed by atoms with Gasteiger partial charge in [-0.05, 0) is 23.6 Å². The molecule has 1 rings (SSSR count). The molecule has 0 aliphatic heterocycles. The van der Waals surface area contributed by atoms with Crippen LogP contribution < -0.4 is 0 Å². The number of hydrogen-bond acceptors (Lipinski definition) is 1. The average Bonchev–Trinajstić information content (AvgIpc) is 2.15. The quantitative estimate of drug-likeness (QED) is 0.802. The van der Waals surface area contributed by atoms with Crippen molar-refractivity contribution in [2.45, 2.75) is 30.8 Å². The first kappa shape index (κ1) is 13.2. The Morgan fingerprint density at radius 2 is 1.94 bits per heavy atom. The summed E-state index contributed by atoms with van der Waals surface area (Å²) in [7, 11) is -2.00. The van der Waals surface area contributed by atoms with Crippen LogP contribution in [0.1, 0.15) is 25.3 Å². The molecule has 0 bridgehead atoms. The normalized spacial score (nSPS) is 14.1. The summed E-state index contributed by atoms with van der Waals surface area (Å²) in [6.07, 6.45) is -4.39. The first-order valence-electron chi connectivity index (χ1n) is 4.84. The predicted molar refractivity (Wildman–Crippen MR) is 57.9 cm³/mol. The molecule has 1 unspecified atom stereocenters. The minimum absolute atomic E-state index is 0.211. The van der Waals surface area contributed by atoms with E-state index in [-0.39, 0.29) is 10.8 Å². The van der Waals surface area contributed by atoms with E-state index >= 15 is 0 Å². The Hall–Kier alpha value is -0.840. The highest BCUT2D eigenvalue weighted by Gasteiger charge is 2.31. The Morgan fingerprint density at radius 3 is 2.44 bits per heavy atom. The molecule has 0 saturated carbocycles. The average molecular weight is 250 g/mol. The fraction of sp³-hybridized carbons (Fsp3) is 0.455. The molecule has 0 fully saturated rings. The van der Waals surface area contributed by atoms with Crippen molar-refractivity contribution in [2.75, 3.05) is 5.75 Å². The molecule has 0 aliphatic carbocycles. The van der Waals surface area contributed by atoms with E-state index in [9.17, 15) is 17.4 Å². The molecule has 0 heterocycles. The van der Waals surface area contributed by atoms with Gasteiger partial charge in [0.1, 0.15) is 5.75 Å². The monoisotopic (exact) mass is 250 g/mol. The standard InChI is InChI=1S/C11H13F3OS/c1-8(2)9-4-3-5-10(6-9)16(15)7-11(12,13)14/h3-6,8H,7H2,1-2H3. The van der Waals surface area contributed by atoms with Crippen LogP contribution in [-0.4, -0.2) is 16.1 Å². The van der Waals surface area contributed by atoms with E-state index in [2.05, 4.69) is 0 Å². The van der Waals surface area contributed by atoms with Crippen molar-refractivity contribution in [2.24, 2.45) is 0 Å². The van der Waals surface area contributed by atoms with Crippen molar-refractivity contribution in [1.82, 2.24) is 0 Å². The molecule has 0 spiro atoms. The Bertz CT molecular complexity index is 385. The number of benzene rings is 1. The highest BCUT2D eigenvalue weighted by molar-refractivity contribution is 7.85. The maximum atomic E-state index is 12.1. The number of hydrogen-bond donors (Lipinski definition) is 0. The number of halogens is 3. The van der Waals surface area contributed by atoms with E-state index in [1.165, 1.54) is 6.07 Å². The van der Waals surface area contributed by atoms with Crippen LogP contribution in [0, 0.1) is 0 Å². The molecule has 0 radical (unpaired) electrons. The molecule has 0 N–H and O–H groups in total. The lowest BCUT2D eigenvalue weighted by atomic mass is 10.0. The molecule has 16 heavy (non-hydrogen) atoms. The zero-order valence-electron chi connectivity index (χ0n) is 9.04. The van der Waals surface area contributed by atoms with Gasteiger partial charge in [-0.3, -0.25) is 4.21 Å². The van der Waals surface area contributed by atoms with E-state index in [1.54, 1.807) is 12.1 Å². The first-order valence-corrected chi connectivity index (χ1v) is 6.16. The SMILES string of the molecule is CC(C)c1cccc(S(=O)CC(F)(F)F)c1. The molecule has 1 aromatic rings. The van der Waals surface area contributed by atoms with Crippen molar-refractivity contribution >= 4 is 10.8 Å². The second-order valence-corrected chi connectivity index (χ2v) is 5.28. The third-order valence-electron chi connectivity index (χ3n) is 2.08. The van der Waals surface area contributed by atoms with E-state index in [0.29, 0.717) is 0 Å². The molecule has 1 atom stereocenters. The summed E-state index contributed by atoms with van der Waals surface area (Å²) in [6, 6.07) is 6.50. The summed E-state index contributed by atoms with van der Waals surface area (Å²) in [6.45, 7) is 3.87. The van der Waals surface area contributed by atoms with E-state index in [4.69, 9.17) is 0 Å². The van der Waals surface area contributed by atoms with Gasteiger partial charge >= 0.3 is 6.18 Å². The zero-order valence-corrected chi connectivity index (χ0v) is 9.86. The summed E-state index contributed by atoms with van der Waals surface area (Å²) in [5.41, 5.74) is 0.896. The summed E-state index contributed by atoms with van der Waals surface area (Å²) in [5, 5.41) is 0. The van der Waals surface area contributed by atoms with Gasteiger partial charge in [-0.2, -0.15) is 13.2 Å². The Labute approximate surface area is 95.1 Å². The highest BCUT2D eigenvalue weighted by atomic mass is 32.2. The lowest BCUT2D eigenvalue weighted by Crippen LogP contribution is -2.18. The van der Waals surface area contributed by atoms with Gasteiger partial charge in [0.15, 0.2) is 0 Å². The minimum Gasteiger partial charge on any atom is -0.254 e. The van der Waals surface area contributed by atoms with Gasteiger partial charge in [0.25, 0.3) is 0 Å². The molecular formula is C11H13F3OS. The molecular weight excluding hydrogens is 237 g/mol. The fourth-order valence-corrected chi connectivity index (χ4v) is 2.21. The van der Waals surface area contributed by atoms with Crippen LogP contribution in [0.15, 0.2) is 29.2 Å². The van der Waals surface area contributed by atoms with Gasteiger partial charge in [0.2, 0.25) is 0 Å². The fourth-order valence-electron chi connectivity index (χ4n) is 1.25. The van der Waals surface area contributed by atoms with Gasteiger partial charge in [0, 0.05) is 4.90 Å². The summed E-state index contributed by atoms with van der Waals surface area (Å²) in [4.78, 5) is 0.239. The summed E-state index contributed by atoms with van der Waals surface area (Å²) >= 11 is 0. The predicted octanol–water partition coefficient (Wildman–Crippen LogP) is 3.48. The molecule has 0 aromatic heterocycles. The van der Waals surface area contributed by atoms with Crippen molar-refractivity contribution in [3.05, 3.63) is 29.8 Å². The van der Waals surface area contributed by atoms with Gasteiger partial charge in [-0.15, -0.1) is 0 Å². The topological polar surface area (TPSA) is 17.1 Å². The Balaban J connectivity index is 2.88. The Kier molecular flexibility index (Phi) is 4.13. The van der Waals surface area contributed by atoms with Gasteiger partial charge in [-0.1, -0.05) is 26.0 Å². The summed E-state index contributed by atoms with van der Waals surface area (Å²) < 4.78 is 47.6. The van der Waals surface area contributed by atoms with Crippen molar-refractivity contribution in [3.8, 4) is 0 Å². The van der Waals surface area contributed by atoms with Crippen LogP contribution in [0.25, 0.3) is 0 Å². The van der Waals surface area contributed by atoms with E-state index in [0.717, 1.165) is 5.56 Å². The second-order valence-electron chi connectivity index (χ2n) is 3.83. The second kappa shape index (κ2) is 4.99. The third kappa shape index (κ3) is 3.96. The molecule has 1 aromatic carbocycles. The molecule has 0 amide bonds. The van der Waals surface area contributed by atoms with Crippen LogP contribution in [0.3, 0.4) is 0 Å². The van der Waals surface area contributed by atoms with Gasteiger partial charge in [0.05, 0.1) is 10.8 Å². The number of alkyl halides is 3. The van der Waals surface area contributed by atoms with E-state index in [1.807, 2.05) is 19.9 Å². The van der Waals surface area contributed by atoms with Crippen LogP contribution in [0.4, 0.5) is 13.2 Å². The van der Waals surface area contributed by atoms with Crippen LogP contribution in [-0.2, 0) is 10.8 Å². The molecule has 0 aliphatic rings. The van der Waals surface area contributed by atoms with Gasteiger partial charge in [-0.25, -0.2) is 0 Å². The maximum Gasteiger partial charge on any atom is 0.400 e. The van der Waals surface area contributed by atoms with Crippen molar-refractivity contribution in [3.63, 3.8) is 0 Å². The number of rotatable bonds is 3. The van der Waals surface area contributed by atoms with Crippen LogP contribution in [0.2, 0.25) is 0 Å². The van der Waals surface area contributed by atoms with Crippen molar-refractivity contribution in [1.29, 1.82) is 0 Å². The first-order chi connectivity index (χ1) is 7.29. The van der Waals surface area contributed by atoms with Crippen LogP contribution >= 0.6 is 0 Å². The highest BCUT2D eigenvalue weighted by Crippen LogP contribution is 2.22. The lowest BCUT2D eigenvalue weighted by molar-refractivity contribution is -0.105. The molecule has 5 heteroatoms. The van der Waals surface area contributed by atoms with Crippen LogP contribution in [0.5, 0.6) is 0 Å². The summed E-state index contributed by atoms with van der Waals surface area (Å²) in [5.74, 6) is -1.07. The van der Waals surface area contributed by atoms with E-state index < -0.39 is 22.7 Å². The molecule has 90 valence electrons.